The number of nitrogens with two attached hydrogens (primary N) is 1. The molecule has 1 aromatic heterocycles. The first kappa shape index (κ1) is 14.2. The number of piperidine rings is 1. The average Bonchev–Trinajstić information content (AvgIpc) is 2.87. The summed E-state index contributed by atoms with van der Waals surface area (Å²) in [7, 11) is 0. The lowest BCUT2D eigenvalue weighted by atomic mass is 9.97. The average molecular weight is 290 g/mol. The zero-order valence-corrected chi connectivity index (χ0v) is 12.0. The van der Waals surface area contributed by atoms with Gasteiger partial charge < -0.3 is 10.2 Å². The number of hydrogen-bond donors (Lipinski definition) is 1. The summed E-state index contributed by atoms with van der Waals surface area (Å²) in [4.78, 5) is 2.24. The fourth-order valence-electron chi connectivity index (χ4n) is 2.86. The summed E-state index contributed by atoms with van der Waals surface area (Å²) in [6.45, 7) is 4.64. The summed E-state index contributed by atoms with van der Waals surface area (Å²) in [6.07, 6.45) is 1.06. The summed E-state index contributed by atoms with van der Waals surface area (Å²) in [5, 5.41) is 8.09. The minimum atomic E-state index is -0.283. The van der Waals surface area contributed by atoms with Crippen LogP contribution in [0.5, 0.6) is 0 Å². The molecule has 112 valence electrons. The SMILES string of the molecule is CC1CC(N)CN(Cc2nnc(-c3ccc(F)cc3)o2)C1. The Bertz CT molecular complexity index is 588. The lowest BCUT2D eigenvalue weighted by Crippen LogP contribution is -2.45. The Labute approximate surface area is 123 Å². The van der Waals surface area contributed by atoms with Crippen LogP contribution in [0.3, 0.4) is 0 Å². The molecule has 1 fully saturated rings. The van der Waals surface area contributed by atoms with Gasteiger partial charge in [-0.1, -0.05) is 6.92 Å². The molecule has 1 aromatic carbocycles. The molecule has 6 heteroatoms. The minimum absolute atomic E-state index is 0.202. The van der Waals surface area contributed by atoms with Gasteiger partial charge in [-0.2, -0.15) is 0 Å². The van der Waals surface area contributed by atoms with Gasteiger partial charge in [0.2, 0.25) is 11.8 Å². The molecule has 0 saturated carbocycles. The third-order valence-corrected chi connectivity index (χ3v) is 3.68. The highest BCUT2D eigenvalue weighted by Gasteiger charge is 2.23. The van der Waals surface area contributed by atoms with Crippen molar-refractivity contribution in [1.82, 2.24) is 15.1 Å². The molecule has 1 saturated heterocycles. The second-order valence-corrected chi connectivity index (χ2v) is 5.80. The molecule has 0 spiro atoms. The Kier molecular flexibility index (Phi) is 3.98. The monoisotopic (exact) mass is 290 g/mol. The highest BCUT2D eigenvalue weighted by molar-refractivity contribution is 5.51. The molecule has 21 heavy (non-hydrogen) atoms. The van der Waals surface area contributed by atoms with Gasteiger partial charge in [-0.3, -0.25) is 4.90 Å². The Morgan fingerprint density at radius 1 is 1.29 bits per heavy atom. The van der Waals surface area contributed by atoms with E-state index in [2.05, 4.69) is 22.0 Å². The molecule has 1 aliphatic heterocycles. The van der Waals surface area contributed by atoms with Crippen LogP contribution in [0.15, 0.2) is 28.7 Å². The molecule has 1 aliphatic rings. The molecule has 0 radical (unpaired) electrons. The minimum Gasteiger partial charge on any atom is -0.419 e. The number of hydrogen-bond acceptors (Lipinski definition) is 5. The van der Waals surface area contributed by atoms with Gasteiger partial charge in [0.1, 0.15) is 5.82 Å². The van der Waals surface area contributed by atoms with Gasteiger partial charge in [-0.15, -0.1) is 10.2 Å². The van der Waals surface area contributed by atoms with Gasteiger partial charge in [0.25, 0.3) is 0 Å². The van der Waals surface area contributed by atoms with Gasteiger partial charge in [0.15, 0.2) is 0 Å². The van der Waals surface area contributed by atoms with Crippen molar-refractivity contribution < 1.29 is 8.81 Å². The lowest BCUT2D eigenvalue weighted by molar-refractivity contribution is 0.146. The zero-order valence-electron chi connectivity index (χ0n) is 12.0. The molecule has 2 aromatic rings. The van der Waals surface area contributed by atoms with Crippen molar-refractivity contribution in [1.29, 1.82) is 0 Å². The van der Waals surface area contributed by atoms with Crippen LogP contribution in [0.4, 0.5) is 4.39 Å². The number of benzene rings is 1. The van der Waals surface area contributed by atoms with E-state index in [0.717, 1.165) is 25.1 Å². The highest BCUT2D eigenvalue weighted by atomic mass is 19.1. The summed E-state index contributed by atoms with van der Waals surface area (Å²) < 4.78 is 18.6. The standard InChI is InChI=1S/C15H19FN4O/c1-10-6-13(17)8-20(7-10)9-14-18-19-15(21-14)11-2-4-12(16)5-3-11/h2-5,10,13H,6-9,17H2,1H3. The van der Waals surface area contributed by atoms with Crippen LogP contribution >= 0.6 is 0 Å². The molecule has 2 unspecified atom stereocenters. The van der Waals surface area contributed by atoms with Crippen molar-refractivity contribution >= 4 is 0 Å². The molecule has 2 atom stereocenters. The number of rotatable bonds is 3. The van der Waals surface area contributed by atoms with E-state index in [1.165, 1.54) is 12.1 Å². The van der Waals surface area contributed by atoms with Crippen LogP contribution in [0, 0.1) is 11.7 Å². The van der Waals surface area contributed by atoms with Crippen LogP contribution < -0.4 is 5.73 Å². The third kappa shape index (κ3) is 3.46. The molecule has 2 N–H and O–H groups in total. The molecule has 0 aliphatic carbocycles. The van der Waals surface area contributed by atoms with Gasteiger partial charge >= 0.3 is 0 Å². The van der Waals surface area contributed by atoms with Crippen LogP contribution in [0.2, 0.25) is 0 Å². The fraction of sp³-hybridized carbons (Fsp3) is 0.467. The number of aromatic nitrogens is 2. The smallest absolute Gasteiger partial charge is 0.247 e. The van der Waals surface area contributed by atoms with E-state index >= 15 is 0 Å². The predicted molar refractivity (Wildman–Crippen MR) is 76.7 cm³/mol. The Morgan fingerprint density at radius 2 is 2.05 bits per heavy atom. The van der Waals surface area contributed by atoms with Gasteiger partial charge in [-0.05, 0) is 36.6 Å². The topological polar surface area (TPSA) is 68.2 Å². The predicted octanol–water partition coefficient (Wildman–Crippen LogP) is 2.04. The Balaban J connectivity index is 1.69. The van der Waals surface area contributed by atoms with E-state index in [1.54, 1.807) is 12.1 Å². The second-order valence-electron chi connectivity index (χ2n) is 5.80. The van der Waals surface area contributed by atoms with Crippen molar-refractivity contribution in [2.75, 3.05) is 13.1 Å². The molecular formula is C15H19FN4O. The lowest BCUT2D eigenvalue weighted by Gasteiger charge is -2.33. The van der Waals surface area contributed by atoms with Gasteiger partial charge in [0, 0.05) is 24.7 Å². The summed E-state index contributed by atoms with van der Waals surface area (Å²) in [5.41, 5.74) is 6.76. The van der Waals surface area contributed by atoms with Gasteiger partial charge in [-0.25, -0.2) is 4.39 Å². The first-order chi connectivity index (χ1) is 10.1. The second kappa shape index (κ2) is 5.91. The highest BCUT2D eigenvalue weighted by Crippen LogP contribution is 2.20. The molecule has 2 heterocycles. The van der Waals surface area contributed by atoms with E-state index in [-0.39, 0.29) is 11.9 Å². The van der Waals surface area contributed by atoms with Crippen LogP contribution in [-0.4, -0.2) is 34.2 Å². The van der Waals surface area contributed by atoms with E-state index in [9.17, 15) is 4.39 Å². The Morgan fingerprint density at radius 3 is 2.76 bits per heavy atom. The summed E-state index contributed by atoms with van der Waals surface area (Å²) in [5.74, 6) is 1.28. The maximum absolute atomic E-state index is 12.9. The first-order valence-corrected chi connectivity index (χ1v) is 7.16. The van der Waals surface area contributed by atoms with E-state index < -0.39 is 0 Å². The van der Waals surface area contributed by atoms with Crippen LogP contribution in [0.1, 0.15) is 19.2 Å². The molecule has 3 rings (SSSR count). The largest absolute Gasteiger partial charge is 0.419 e. The van der Waals surface area contributed by atoms with Crippen molar-refractivity contribution in [3.63, 3.8) is 0 Å². The van der Waals surface area contributed by atoms with Crippen molar-refractivity contribution in [2.45, 2.75) is 25.9 Å². The van der Waals surface area contributed by atoms with E-state index in [0.29, 0.717) is 24.2 Å². The number of likely N-dealkylation sites (tertiary alicyclic amines) is 1. The number of nitrogens with zero attached hydrogens (tertiary/aromatic N) is 3. The fourth-order valence-corrected chi connectivity index (χ4v) is 2.86. The third-order valence-electron chi connectivity index (χ3n) is 3.68. The van der Waals surface area contributed by atoms with Gasteiger partial charge in [0.05, 0.1) is 6.54 Å². The Hall–Kier alpha value is -1.79. The van der Waals surface area contributed by atoms with Crippen molar-refractivity contribution in [3.8, 4) is 11.5 Å². The van der Waals surface area contributed by atoms with Crippen LogP contribution in [0.25, 0.3) is 11.5 Å². The van der Waals surface area contributed by atoms with E-state index in [1.807, 2.05) is 0 Å². The molecule has 0 bridgehead atoms. The summed E-state index contributed by atoms with van der Waals surface area (Å²) in [6, 6.07) is 6.22. The molecule has 5 nitrogen and oxygen atoms in total. The van der Waals surface area contributed by atoms with Crippen molar-refractivity contribution in [2.24, 2.45) is 11.7 Å². The normalized spacial score (nSPS) is 23.4. The number of halogens is 1. The van der Waals surface area contributed by atoms with E-state index in [4.69, 9.17) is 10.2 Å². The maximum atomic E-state index is 12.9. The zero-order chi connectivity index (χ0) is 14.8. The first-order valence-electron chi connectivity index (χ1n) is 7.16. The van der Waals surface area contributed by atoms with Crippen LogP contribution in [-0.2, 0) is 6.54 Å². The molecule has 0 amide bonds. The quantitative estimate of drug-likeness (QED) is 0.937. The molecular weight excluding hydrogens is 271 g/mol. The summed E-state index contributed by atoms with van der Waals surface area (Å²) >= 11 is 0. The maximum Gasteiger partial charge on any atom is 0.247 e. The van der Waals surface area contributed by atoms with Crippen molar-refractivity contribution in [3.05, 3.63) is 36.0 Å².